The molecule has 2 aliphatic heterocycles. The van der Waals surface area contributed by atoms with E-state index in [0.29, 0.717) is 5.92 Å². The maximum Gasteiger partial charge on any atom is 0.496 e. The van der Waals surface area contributed by atoms with E-state index < -0.39 is 0 Å². The standard InChI is InChI=1S/C16H25BN2O2/c1-15(2)16(3,4)21-17(20-15)14-11-19-9-7-13(14)12-6-5-8-18-10-12/h7,9,11-12,18H,5-6,8,10H2,1-4H3/t12-/m1/s1. The topological polar surface area (TPSA) is 43.4 Å². The van der Waals surface area contributed by atoms with Crippen molar-refractivity contribution in [1.29, 1.82) is 0 Å². The summed E-state index contributed by atoms with van der Waals surface area (Å²) in [4.78, 5) is 4.30. The highest BCUT2D eigenvalue weighted by molar-refractivity contribution is 6.62. The third-order valence-corrected chi connectivity index (χ3v) is 5.13. The zero-order chi connectivity index (χ0) is 15.1. The summed E-state index contributed by atoms with van der Waals surface area (Å²) in [6.07, 6.45) is 6.21. The van der Waals surface area contributed by atoms with Crippen LogP contribution in [0, 0.1) is 0 Å². The summed E-state index contributed by atoms with van der Waals surface area (Å²) in [5, 5.41) is 3.48. The van der Waals surface area contributed by atoms with Gasteiger partial charge in [-0.15, -0.1) is 0 Å². The molecule has 0 spiro atoms. The van der Waals surface area contributed by atoms with Gasteiger partial charge in [0.15, 0.2) is 0 Å². The summed E-state index contributed by atoms with van der Waals surface area (Å²) < 4.78 is 12.4. The number of rotatable bonds is 2. The monoisotopic (exact) mass is 288 g/mol. The van der Waals surface area contributed by atoms with Crippen molar-refractivity contribution in [1.82, 2.24) is 10.3 Å². The number of pyridine rings is 1. The summed E-state index contributed by atoms with van der Waals surface area (Å²) in [6.45, 7) is 10.5. The number of aromatic nitrogens is 1. The SMILES string of the molecule is CC1(C)OB(c2cnccc2[C@@H]2CCCNC2)OC1(C)C. The van der Waals surface area contributed by atoms with Gasteiger partial charge in [-0.05, 0) is 64.6 Å². The Bertz CT molecular complexity index is 497. The molecule has 0 radical (unpaired) electrons. The molecule has 0 unspecified atom stereocenters. The van der Waals surface area contributed by atoms with Crippen LogP contribution in [0.5, 0.6) is 0 Å². The van der Waals surface area contributed by atoms with Crippen molar-refractivity contribution < 1.29 is 9.31 Å². The molecule has 3 rings (SSSR count). The van der Waals surface area contributed by atoms with Crippen molar-refractivity contribution in [2.24, 2.45) is 0 Å². The van der Waals surface area contributed by atoms with E-state index in [1.807, 2.05) is 12.4 Å². The van der Waals surface area contributed by atoms with Crippen LogP contribution in [0.25, 0.3) is 0 Å². The fourth-order valence-electron chi connectivity index (χ4n) is 3.07. The lowest BCUT2D eigenvalue weighted by Gasteiger charge is -2.32. The lowest BCUT2D eigenvalue weighted by Crippen LogP contribution is -2.41. The molecule has 0 aromatic carbocycles. The van der Waals surface area contributed by atoms with Crippen LogP contribution in [0.2, 0.25) is 0 Å². The van der Waals surface area contributed by atoms with Gasteiger partial charge in [-0.1, -0.05) is 0 Å². The van der Waals surface area contributed by atoms with Gasteiger partial charge in [-0.3, -0.25) is 4.98 Å². The predicted octanol–water partition coefficient (Wildman–Crippen LogP) is 1.85. The van der Waals surface area contributed by atoms with Gasteiger partial charge in [-0.25, -0.2) is 0 Å². The molecule has 1 aromatic rings. The second kappa shape index (κ2) is 5.38. The number of hydrogen-bond acceptors (Lipinski definition) is 4. The van der Waals surface area contributed by atoms with Gasteiger partial charge in [0.05, 0.1) is 11.2 Å². The molecular weight excluding hydrogens is 263 g/mol. The third kappa shape index (κ3) is 2.74. The molecule has 114 valence electrons. The number of hydrogen-bond donors (Lipinski definition) is 1. The van der Waals surface area contributed by atoms with E-state index in [2.05, 4.69) is 44.1 Å². The van der Waals surface area contributed by atoms with E-state index in [0.717, 1.165) is 18.6 Å². The largest absolute Gasteiger partial charge is 0.496 e. The highest BCUT2D eigenvalue weighted by Crippen LogP contribution is 2.37. The maximum atomic E-state index is 6.20. The minimum Gasteiger partial charge on any atom is -0.399 e. The van der Waals surface area contributed by atoms with Crippen molar-refractivity contribution >= 4 is 12.6 Å². The molecule has 1 atom stereocenters. The highest BCUT2D eigenvalue weighted by Gasteiger charge is 2.52. The Labute approximate surface area is 127 Å². The molecular formula is C16H25BN2O2. The van der Waals surface area contributed by atoms with Crippen molar-refractivity contribution in [2.75, 3.05) is 13.1 Å². The van der Waals surface area contributed by atoms with E-state index in [4.69, 9.17) is 9.31 Å². The first kappa shape index (κ1) is 15.0. The van der Waals surface area contributed by atoms with Crippen LogP contribution in [0.1, 0.15) is 52.0 Å². The first-order valence-electron chi connectivity index (χ1n) is 7.91. The van der Waals surface area contributed by atoms with Gasteiger partial charge in [0, 0.05) is 24.4 Å². The normalized spacial score (nSPS) is 27.8. The molecule has 1 N–H and O–H groups in total. The van der Waals surface area contributed by atoms with Crippen LogP contribution in [-0.4, -0.2) is 36.4 Å². The molecule has 5 heteroatoms. The highest BCUT2D eigenvalue weighted by atomic mass is 16.7. The number of nitrogens with zero attached hydrogens (tertiary/aromatic N) is 1. The van der Waals surface area contributed by atoms with E-state index >= 15 is 0 Å². The van der Waals surface area contributed by atoms with E-state index in [9.17, 15) is 0 Å². The first-order chi connectivity index (χ1) is 9.91. The molecule has 3 heterocycles. The Morgan fingerprint density at radius 3 is 2.57 bits per heavy atom. The Morgan fingerprint density at radius 1 is 1.24 bits per heavy atom. The Kier molecular flexibility index (Phi) is 3.84. The van der Waals surface area contributed by atoms with Gasteiger partial charge < -0.3 is 14.6 Å². The molecule has 2 fully saturated rings. The lowest BCUT2D eigenvalue weighted by molar-refractivity contribution is 0.00578. The Morgan fingerprint density at radius 2 is 1.95 bits per heavy atom. The van der Waals surface area contributed by atoms with Crippen LogP contribution in [0.15, 0.2) is 18.5 Å². The minimum atomic E-state index is -0.319. The zero-order valence-electron chi connectivity index (χ0n) is 13.5. The second-order valence-electron chi connectivity index (χ2n) is 7.14. The second-order valence-corrected chi connectivity index (χ2v) is 7.14. The van der Waals surface area contributed by atoms with Gasteiger partial charge in [-0.2, -0.15) is 0 Å². The Hall–Kier alpha value is -0.905. The predicted molar refractivity (Wildman–Crippen MR) is 84.8 cm³/mol. The van der Waals surface area contributed by atoms with Crippen molar-refractivity contribution in [2.45, 2.75) is 57.7 Å². The van der Waals surface area contributed by atoms with Gasteiger partial charge in [0.2, 0.25) is 0 Å². The molecule has 0 saturated carbocycles. The summed E-state index contributed by atoms with van der Waals surface area (Å²) in [5.74, 6) is 0.524. The fraction of sp³-hybridized carbons (Fsp3) is 0.688. The average Bonchev–Trinajstić information content (AvgIpc) is 2.68. The molecule has 4 nitrogen and oxygen atoms in total. The molecule has 2 saturated heterocycles. The molecule has 21 heavy (non-hydrogen) atoms. The van der Waals surface area contributed by atoms with Crippen molar-refractivity contribution in [3.05, 3.63) is 24.0 Å². The molecule has 0 aliphatic carbocycles. The molecule has 1 aromatic heterocycles. The molecule has 0 bridgehead atoms. The minimum absolute atomic E-state index is 0.310. The van der Waals surface area contributed by atoms with E-state index in [1.165, 1.54) is 18.4 Å². The van der Waals surface area contributed by atoms with Crippen molar-refractivity contribution in [3.8, 4) is 0 Å². The van der Waals surface area contributed by atoms with Crippen LogP contribution >= 0.6 is 0 Å². The van der Waals surface area contributed by atoms with E-state index in [1.54, 1.807) is 0 Å². The number of piperidine rings is 1. The summed E-state index contributed by atoms with van der Waals surface area (Å²) >= 11 is 0. The van der Waals surface area contributed by atoms with Gasteiger partial charge in [0.1, 0.15) is 0 Å². The first-order valence-corrected chi connectivity index (χ1v) is 7.91. The van der Waals surface area contributed by atoms with Crippen molar-refractivity contribution in [3.63, 3.8) is 0 Å². The maximum absolute atomic E-state index is 6.20. The fourth-order valence-corrected chi connectivity index (χ4v) is 3.07. The van der Waals surface area contributed by atoms with Gasteiger partial charge in [0.25, 0.3) is 0 Å². The quantitative estimate of drug-likeness (QED) is 0.843. The zero-order valence-corrected chi connectivity index (χ0v) is 13.5. The molecule has 0 amide bonds. The van der Waals surface area contributed by atoms with Crippen LogP contribution in [0.4, 0.5) is 0 Å². The summed E-state index contributed by atoms with van der Waals surface area (Å²) in [7, 11) is -0.319. The third-order valence-electron chi connectivity index (χ3n) is 5.13. The average molecular weight is 288 g/mol. The van der Waals surface area contributed by atoms with E-state index in [-0.39, 0.29) is 18.3 Å². The lowest BCUT2D eigenvalue weighted by atomic mass is 9.73. The van der Waals surface area contributed by atoms with Gasteiger partial charge >= 0.3 is 7.12 Å². The smallest absolute Gasteiger partial charge is 0.399 e. The summed E-state index contributed by atoms with van der Waals surface area (Å²) in [5.41, 5.74) is 1.78. The van der Waals surface area contributed by atoms with Crippen LogP contribution in [0.3, 0.4) is 0 Å². The molecule has 2 aliphatic rings. The van der Waals surface area contributed by atoms with Crippen LogP contribution < -0.4 is 10.8 Å². The van der Waals surface area contributed by atoms with Crippen LogP contribution in [-0.2, 0) is 9.31 Å². The number of nitrogens with one attached hydrogen (secondary N) is 1. The Balaban J connectivity index is 1.89. The summed E-state index contributed by atoms with van der Waals surface area (Å²) in [6, 6.07) is 2.12.